The van der Waals surface area contributed by atoms with Gasteiger partial charge in [0.05, 0.1) is 13.2 Å². The van der Waals surface area contributed by atoms with Crippen LogP contribution in [-0.2, 0) is 4.74 Å². The molecule has 0 atom stereocenters. The number of thioether (sulfide) groups is 1. The Morgan fingerprint density at radius 1 is 0.960 bits per heavy atom. The van der Waals surface area contributed by atoms with Crippen LogP contribution in [0.25, 0.3) is 0 Å². The van der Waals surface area contributed by atoms with Crippen molar-refractivity contribution in [1.29, 1.82) is 0 Å². The maximum Gasteiger partial charge on any atom is 0.254 e. The molecule has 0 radical (unpaired) electrons. The smallest absolute Gasteiger partial charge is 0.254 e. The van der Waals surface area contributed by atoms with E-state index in [-0.39, 0.29) is 5.91 Å². The van der Waals surface area contributed by atoms with Crippen LogP contribution in [-0.4, -0.2) is 66.4 Å². The molecule has 1 aromatic rings. The van der Waals surface area contributed by atoms with E-state index in [4.69, 9.17) is 4.74 Å². The van der Waals surface area contributed by atoms with E-state index in [1.165, 1.54) is 50.1 Å². The number of morpholine rings is 1. The van der Waals surface area contributed by atoms with Crippen molar-refractivity contribution in [2.45, 2.75) is 48.3 Å². The number of ether oxygens (including phenoxy) is 1. The van der Waals surface area contributed by atoms with E-state index in [1.807, 2.05) is 28.8 Å². The molecule has 1 saturated carbocycles. The topological polar surface area (TPSA) is 32.8 Å². The lowest BCUT2D eigenvalue weighted by Crippen LogP contribution is -2.48. The van der Waals surface area contributed by atoms with Crippen LogP contribution in [0, 0.1) is 0 Å². The SMILES string of the molecule is O=C(c1ccc(SC2CC(N3CCCCC3)C2)cc1)N1CCOCC1. The normalized spacial score (nSPS) is 27.8. The van der Waals surface area contributed by atoms with Crippen LogP contribution in [0.4, 0.5) is 0 Å². The lowest BCUT2D eigenvalue weighted by Gasteiger charge is -2.44. The fourth-order valence-corrected chi connectivity index (χ4v) is 5.35. The Labute approximate surface area is 154 Å². The van der Waals surface area contributed by atoms with Crippen LogP contribution in [0.5, 0.6) is 0 Å². The summed E-state index contributed by atoms with van der Waals surface area (Å²) >= 11 is 1.98. The minimum atomic E-state index is 0.133. The van der Waals surface area contributed by atoms with Crippen molar-refractivity contribution in [3.63, 3.8) is 0 Å². The molecule has 2 heterocycles. The second-order valence-corrected chi connectivity index (χ2v) is 8.76. The number of rotatable bonds is 4. The molecule has 2 aliphatic heterocycles. The number of piperidine rings is 1. The summed E-state index contributed by atoms with van der Waals surface area (Å²) in [6.07, 6.45) is 6.81. The van der Waals surface area contributed by atoms with Crippen molar-refractivity contribution in [3.05, 3.63) is 29.8 Å². The Balaban J connectivity index is 1.26. The first-order valence-corrected chi connectivity index (χ1v) is 10.6. The highest BCUT2D eigenvalue weighted by Crippen LogP contribution is 2.39. The van der Waals surface area contributed by atoms with Gasteiger partial charge in [0.1, 0.15) is 0 Å². The molecule has 4 rings (SSSR count). The second kappa shape index (κ2) is 8.11. The zero-order chi connectivity index (χ0) is 17.1. The standard InChI is InChI=1S/C20H28N2O2S/c23-20(22-10-12-24-13-11-22)16-4-6-18(7-5-16)25-19-14-17(15-19)21-8-2-1-3-9-21/h4-7,17,19H,1-3,8-15H2. The number of carbonyl (C=O) groups is 1. The van der Waals surface area contributed by atoms with Crippen LogP contribution >= 0.6 is 11.8 Å². The summed E-state index contributed by atoms with van der Waals surface area (Å²) in [5, 5.41) is 0.743. The molecule has 0 aromatic heterocycles. The van der Waals surface area contributed by atoms with Gasteiger partial charge in [-0.25, -0.2) is 0 Å². The molecule has 0 unspecified atom stereocenters. The molecule has 1 amide bonds. The third kappa shape index (κ3) is 4.21. The number of hydrogen-bond donors (Lipinski definition) is 0. The number of amides is 1. The Hall–Kier alpha value is -1.04. The van der Waals surface area contributed by atoms with Crippen LogP contribution < -0.4 is 0 Å². The molecule has 1 aliphatic carbocycles. The maximum absolute atomic E-state index is 12.5. The Morgan fingerprint density at radius 3 is 2.32 bits per heavy atom. The molecule has 5 heteroatoms. The van der Waals surface area contributed by atoms with Crippen LogP contribution in [0.2, 0.25) is 0 Å². The van der Waals surface area contributed by atoms with E-state index in [9.17, 15) is 4.79 Å². The number of benzene rings is 1. The molecule has 136 valence electrons. The van der Waals surface area contributed by atoms with Crippen molar-refractivity contribution in [2.75, 3.05) is 39.4 Å². The van der Waals surface area contributed by atoms with E-state index in [2.05, 4.69) is 17.0 Å². The molecule has 4 nitrogen and oxygen atoms in total. The predicted octanol–water partition coefficient (Wildman–Crippen LogP) is 3.27. The predicted molar refractivity (Wildman–Crippen MR) is 101 cm³/mol. The van der Waals surface area contributed by atoms with Gasteiger partial charge in [0.15, 0.2) is 0 Å². The zero-order valence-electron chi connectivity index (χ0n) is 14.9. The highest BCUT2D eigenvalue weighted by molar-refractivity contribution is 8.00. The van der Waals surface area contributed by atoms with Crippen molar-refractivity contribution in [3.8, 4) is 0 Å². The van der Waals surface area contributed by atoms with Crippen molar-refractivity contribution >= 4 is 17.7 Å². The van der Waals surface area contributed by atoms with Crippen molar-refractivity contribution < 1.29 is 9.53 Å². The van der Waals surface area contributed by atoms with E-state index in [0.29, 0.717) is 26.3 Å². The molecule has 2 saturated heterocycles. The fourth-order valence-electron chi connectivity index (χ4n) is 4.03. The Kier molecular flexibility index (Phi) is 5.63. The molecule has 3 aliphatic rings. The molecular formula is C20H28N2O2S. The maximum atomic E-state index is 12.5. The summed E-state index contributed by atoms with van der Waals surface area (Å²) < 4.78 is 5.32. The van der Waals surface area contributed by atoms with E-state index >= 15 is 0 Å². The minimum Gasteiger partial charge on any atom is -0.378 e. The van der Waals surface area contributed by atoms with E-state index in [1.54, 1.807) is 0 Å². The lowest BCUT2D eigenvalue weighted by atomic mass is 9.89. The van der Waals surface area contributed by atoms with Gasteiger partial charge >= 0.3 is 0 Å². The highest BCUT2D eigenvalue weighted by atomic mass is 32.2. The van der Waals surface area contributed by atoms with Gasteiger partial charge in [-0.05, 0) is 63.0 Å². The van der Waals surface area contributed by atoms with Gasteiger partial charge < -0.3 is 14.5 Å². The Morgan fingerprint density at radius 2 is 1.64 bits per heavy atom. The van der Waals surface area contributed by atoms with Gasteiger partial charge in [-0.15, -0.1) is 11.8 Å². The fraction of sp³-hybridized carbons (Fsp3) is 0.650. The molecule has 0 spiro atoms. The average molecular weight is 361 g/mol. The van der Waals surface area contributed by atoms with E-state index in [0.717, 1.165) is 16.9 Å². The first-order chi connectivity index (χ1) is 12.3. The number of likely N-dealkylation sites (tertiary alicyclic amines) is 1. The van der Waals surface area contributed by atoms with Gasteiger partial charge in [-0.3, -0.25) is 4.79 Å². The summed E-state index contributed by atoms with van der Waals surface area (Å²) in [7, 11) is 0. The van der Waals surface area contributed by atoms with Crippen molar-refractivity contribution in [1.82, 2.24) is 9.80 Å². The summed E-state index contributed by atoms with van der Waals surface area (Å²) in [4.78, 5) is 18.4. The Bertz CT molecular complexity index is 574. The molecule has 1 aromatic carbocycles. The first kappa shape index (κ1) is 17.4. The van der Waals surface area contributed by atoms with Gasteiger partial charge in [0.25, 0.3) is 5.91 Å². The van der Waals surface area contributed by atoms with Gasteiger partial charge in [-0.1, -0.05) is 6.42 Å². The molecule has 3 fully saturated rings. The highest BCUT2D eigenvalue weighted by Gasteiger charge is 2.34. The third-order valence-corrected chi connectivity index (χ3v) is 6.94. The third-order valence-electron chi connectivity index (χ3n) is 5.68. The molecular weight excluding hydrogens is 332 g/mol. The van der Waals surface area contributed by atoms with Gasteiger partial charge in [-0.2, -0.15) is 0 Å². The van der Waals surface area contributed by atoms with Gasteiger partial charge in [0.2, 0.25) is 0 Å². The molecule has 0 bridgehead atoms. The van der Waals surface area contributed by atoms with Crippen molar-refractivity contribution in [2.24, 2.45) is 0 Å². The summed E-state index contributed by atoms with van der Waals surface area (Å²) in [5.41, 5.74) is 0.797. The minimum absolute atomic E-state index is 0.133. The van der Waals surface area contributed by atoms with Crippen LogP contribution in [0.15, 0.2) is 29.2 Å². The quantitative estimate of drug-likeness (QED) is 0.825. The summed E-state index contributed by atoms with van der Waals surface area (Å²) in [5.74, 6) is 0.133. The molecule has 0 N–H and O–H groups in total. The van der Waals surface area contributed by atoms with Gasteiger partial charge in [0, 0.05) is 34.8 Å². The largest absolute Gasteiger partial charge is 0.378 e. The van der Waals surface area contributed by atoms with Crippen LogP contribution in [0.1, 0.15) is 42.5 Å². The average Bonchev–Trinajstić information content (AvgIpc) is 2.66. The van der Waals surface area contributed by atoms with Crippen LogP contribution in [0.3, 0.4) is 0 Å². The summed E-state index contributed by atoms with van der Waals surface area (Å²) in [6.45, 7) is 5.32. The number of nitrogens with zero attached hydrogens (tertiary/aromatic N) is 2. The van der Waals surface area contributed by atoms with E-state index < -0.39 is 0 Å². The number of hydrogen-bond acceptors (Lipinski definition) is 4. The number of carbonyl (C=O) groups excluding carboxylic acids is 1. The lowest BCUT2D eigenvalue weighted by molar-refractivity contribution is 0.0303. The molecule has 25 heavy (non-hydrogen) atoms. The monoisotopic (exact) mass is 360 g/mol. The second-order valence-electron chi connectivity index (χ2n) is 7.39. The zero-order valence-corrected chi connectivity index (χ0v) is 15.7. The summed E-state index contributed by atoms with van der Waals surface area (Å²) in [6, 6.07) is 9.03. The first-order valence-electron chi connectivity index (χ1n) is 9.67.